The number of anilines is 1. The summed E-state index contributed by atoms with van der Waals surface area (Å²) in [4.78, 5) is 9.74. The minimum absolute atomic E-state index is 0.587. The molecule has 1 fully saturated rings. The molecular formula is C18H23ClN3P. The van der Waals surface area contributed by atoms with E-state index in [9.17, 15) is 0 Å². The number of nitrogens with zero attached hydrogens (tertiary/aromatic N) is 3. The molecule has 0 radical (unpaired) electrons. The molecule has 23 heavy (non-hydrogen) atoms. The monoisotopic (exact) mass is 347 g/mol. The molecule has 0 saturated carbocycles. The summed E-state index contributed by atoms with van der Waals surface area (Å²) in [5, 5.41) is 3.35. The third-order valence-corrected chi connectivity index (χ3v) is 8.21. The highest BCUT2D eigenvalue weighted by atomic mass is 35.5. The van der Waals surface area contributed by atoms with Crippen molar-refractivity contribution in [1.29, 1.82) is 0 Å². The van der Waals surface area contributed by atoms with E-state index < -0.39 is 6.89 Å². The van der Waals surface area contributed by atoms with Crippen molar-refractivity contribution in [2.45, 2.75) is 12.5 Å². The van der Waals surface area contributed by atoms with Crippen LogP contribution in [0.1, 0.15) is 6.42 Å². The number of aromatic nitrogens is 1. The van der Waals surface area contributed by atoms with Crippen LogP contribution in [0.5, 0.6) is 0 Å². The quantitative estimate of drug-likeness (QED) is 0.739. The first-order chi connectivity index (χ1) is 11.0. The van der Waals surface area contributed by atoms with E-state index in [-0.39, 0.29) is 0 Å². The maximum absolute atomic E-state index is 6.30. The van der Waals surface area contributed by atoms with Gasteiger partial charge in [0.15, 0.2) is 0 Å². The molecule has 5 heteroatoms. The molecular weight excluding hydrogens is 325 g/mol. The highest BCUT2D eigenvalue weighted by molar-refractivity contribution is 7.80. The summed E-state index contributed by atoms with van der Waals surface area (Å²) in [6.45, 7) is 4.40. The first-order valence-corrected chi connectivity index (χ1v) is 11.2. The Labute approximate surface area is 143 Å². The molecule has 1 aromatic carbocycles. The number of rotatable bonds is 1. The van der Waals surface area contributed by atoms with Gasteiger partial charge in [0.25, 0.3) is 0 Å². The molecule has 0 amide bonds. The Morgan fingerprint density at radius 3 is 2.91 bits per heavy atom. The van der Waals surface area contributed by atoms with Gasteiger partial charge in [-0.1, -0.05) is 24.8 Å². The third-order valence-electron chi connectivity index (χ3n) is 5.29. The van der Waals surface area contributed by atoms with Gasteiger partial charge in [-0.05, 0) is 51.0 Å². The lowest BCUT2D eigenvalue weighted by atomic mass is 10.1. The van der Waals surface area contributed by atoms with Crippen LogP contribution in [-0.2, 0) is 0 Å². The lowest BCUT2D eigenvalue weighted by Crippen LogP contribution is -2.44. The summed E-state index contributed by atoms with van der Waals surface area (Å²) in [5.41, 5.74) is 2.39. The Morgan fingerprint density at radius 1 is 1.35 bits per heavy atom. The Morgan fingerprint density at radius 2 is 2.17 bits per heavy atom. The number of benzene rings is 1. The van der Waals surface area contributed by atoms with Gasteiger partial charge in [0, 0.05) is 41.0 Å². The van der Waals surface area contributed by atoms with Gasteiger partial charge in [-0.2, -0.15) is 0 Å². The summed E-state index contributed by atoms with van der Waals surface area (Å²) in [6.07, 6.45) is 9.06. The molecule has 2 aliphatic heterocycles. The number of hydrogen-bond donors (Lipinski definition) is 0. The summed E-state index contributed by atoms with van der Waals surface area (Å²) < 4.78 is 0. The van der Waals surface area contributed by atoms with Gasteiger partial charge in [-0.15, -0.1) is 0 Å². The summed E-state index contributed by atoms with van der Waals surface area (Å²) in [7, 11) is 2.21. The fourth-order valence-corrected chi connectivity index (χ4v) is 6.10. The van der Waals surface area contributed by atoms with Crippen LogP contribution in [0.25, 0.3) is 10.9 Å². The maximum atomic E-state index is 6.30. The molecule has 2 aliphatic rings. The van der Waals surface area contributed by atoms with Crippen molar-refractivity contribution < 1.29 is 0 Å². The van der Waals surface area contributed by atoms with Crippen LogP contribution in [-0.4, -0.2) is 61.7 Å². The molecule has 4 rings (SSSR count). The molecule has 122 valence electrons. The molecule has 0 aliphatic carbocycles. The van der Waals surface area contributed by atoms with Gasteiger partial charge in [-0.25, -0.2) is 0 Å². The second kappa shape index (κ2) is 5.51. The van der Waals surface area contributed by atoms with Gasteiger partial charge >= 0.3 is 0 Å². The zero-order valence-corrected chi connectivity index (χ0v) is 15.4. The minimum atomic E-state index is -1.35. The molecule has 1 aromatic heterocycles. The predicted octanol–water partition coefficient (Wildman–Crippen LogP) is 3.12. The number of pyridine rings is 1. The fraction of sp³-hybridized carbons (Fsp3) is 0.444. The molecule has 0 bridgehead atoms. The van der Waals surface area contributed by atoms with Crippen LogP contribution in [0, 0.1) is 0 Å². The van der Waals surface area contributed by atoms with Gasteiger partial charge in [0.05, 0.1) is 11.2 Å². The van der Waals surface area contributed by atoms with Crippen molar-refractivity contribution in [2.24, 2.45) is 0 Å². The van der Waals surface area contributed by atoms with Crippen LogP contribution in [0.2, 0.25) is 5.02 Å². The summed E-state index contributed by atoms with van der Waals surface area (Å²) >= 11 is 6.30. The van der Waals surface area contributed by atoms with Crippen LogP contribution in [0.4, 0.5) is 5.69 Å². The SMILES string of the molecule is C=P1(C)CCN(C2CCN(C)C2)c2c1cnc1ccc(Cl)cc21. The molecule has 1 saturated heterocycles. The number of likely N-dealkylation sites (tertiary alicyclic amines) is 1. The first kappa shape index (κ1) is 15.5. The lowest BCUT2D eigenvalue weighted by Gasteiger charge is -2.41. The molecule has 3 nitrogen and oxygen atoms in total. The Hall–Kier alpha value is -1.02. The van der Waals surface area contributed by atoms with E-state index in [1.807, 2.05) is 12.1 Å². The van der Waals surface area contributed by atoms with E-state index in [1.54, 1.807) is 0 Å². The van der Waals surface area contributed by atoms with Crippen molar-refractivity contribution in [3.05, 3.63) is 29.4 Å². The smallest absolute Gasteiger partial charge is 0.0724 e. The standard InChI is InChI=1S/C18H23ClN3P/c1-21-7-6-14(12-21)22-8-9-23(2,3)17-11-20-16-5-4-13(19)10-15(16)18(17)22/h4-5,10-11,14H,2,6-9,12H2,1,3H3. The zero-order chi connectivity index (χ0) is 16.2. The maximum Gasteiger partial charge on any atom is 0.0724 e. The van der Waals surface area contributed by atoms with Crippen LogP contribution < -0.4 is 10.2 Å². The number of fused-ring (bicyclic) bond motifs is 3. The van der Waals surface area contributed by atoms with Crippen LogP contribution in [0.15, 0.2) is 24.4 Å². The van der Waals surface area contributed by atoms with E-state index in [2.05, 4.69) is 42.1 Å². The van der Waals surface area contributed by atoms with Gasteiger partial charge < -0.3 is 9.80 Å². The Bertz CT molecular complexity index is 819. The first-order valence-electron chi connectivity index (χ1n) is 8.19. The number of halogens is 1. The van der Waals surface area contributed by atoms with Crippen molar-refractivity contribution in [1.82, 2.24) is 9.88 Å². The minimum Gasteiger partial charge on any atom is -0.366 e. The third kappa shape index (κ3) is 2.59. The highest BCUT2D eigenvalue weighted by Gasteiger charge is 2.34. The molecule has 0 N–H and O–H groups in total. The van der Waals surface area contributed by atoms with Gasteiger partial charge in [0.2, 0.25) is 0 Å². The predicted molar refractivity (Wildman–Crippen MR) is 104 cm³/mol. The van der Waals surface area contributed by atoms with E-state index >= 15 is 0 Å². The molecule has 0 spiro atoms. The Balaban J connectivity index is 1.94. The molecule has 2 aromatic rings. The summed E-state index contributed by atoms with van der Waals surface area (Å²) in [5.74, 6) is 0. The number of likely N-dealkylation sites (N-methyl/N-ethyl adjacent to an activating group) is 1. The second-order valence-electron chi connectivity index (χ2n) is 7.17. The largest absolute Gasteiger partial charge is 0.366 e. The van der Waals surface area contributed by atoms with Crippen LogP contribution in [0.3, 0.4) is 0 Å². The van der Waals surface area contributed by atoms with Crippen molar-refractivity contribution in [3.63, 3.8) is 0 Å². The molecule has 3 heterocycles. The molecule has 2 atom stereocenters. The van der Waals surface area contributed by atoms with Gasteiger partial charge in [0.1, 0.15) is 0 Å². The second-order valence-corrected chi connectivity index (χ2v) is 11.3. The van der Waals surface area contributed by atoms with E-state index in [0.717, 1.165) is 23.6 Å². The topological polar surface area (TPSA) is 19.4 Å². The molecule has 2 unspecified atom stereocenters. The van der Waals surface area contributed by atoms with Crippen LogP contribution >= 0.6 is 18.5 Å². The average molecular weight is 348 g/mol. The van der Waals surface area contributed by atoms with Crippen molar-refractivity contribution >= 4 is 46.7 Å². The lowest BCUT2D eigenvalue weighted by molar-refractivity contribution is 0.408. The Kier molecular flexibility index (Phi) is 3.72. The van der Waals surface area contributed by atoms with E-state index in [0.29, 0.717) is 6.04 Å². The van der Waals surface area contributed by atoms with Crippen molar-refractivity contribution in [3.8, 4) is 0 Å². The fourth-order valence-electron chi connectivity index (χ4n) is 3.93. The summed E-state index contributed by atoms with van der Waals surface area (Å²) in [6, 6.07) is 6.63. The van der Waals surface area contributed by atoms with E-state index in [4.69, 9.17) is 16.6 Å². The van der Waals surface area contributed by atoms with E-state index in [1.165, 1.54) is 35.5 Å². The van der Waals surface area contributed by atoms with Gasteiger partial charge in [-0.3, -0.25) is 4.98 Å². The number of hydrogen-bond acceptors (Lipinski definition) is 3. The zero-order valence-electron chi connectivity index (χ0n) is 13.8. The normalized spacial score (nSPS) is 28.3. The van der Waals surface area contributed by atoms with Crippen molar-refractivity contribution in [2.75, 3.05) is 44.4 Å². The average Bonchev–Trinajstić information content (AvgIpc) is 2.93. The highest BCUT2D eigenvalue weighted by Crippen LogP contribution is 2.48.